The van der Waals surface area contributed by atoms with Gasteiger partial charge in [0.2, 0.25) is 0 Å². The molecule has 0 bridgehead atoms. The van der Waals surface area contributed by atoms with E-state index in [9.17, 15) is 0 Å². The molecule has 1 atom stereocenters. The highest BCUT2D eigenvalue weighted by Crippen LogP contribution is 2.23. The summed E-state index contributed by atoms with van der Waals surface area (Å²) in [5.41, 5.74) is 2.07. The predicted molar refractivity (Wildman–Crippen MR) is 98.2 cm³/mol. The molecule has 1 aromatic carbocycles. The number of fused-ring (bicyclic) bond motifs is 1. The van der Waals surface area contributed by atoms with E-state index in [2.05, 4.69) is 53.7 Å². The Morgan fingerprint density at radius 2 is 2.17 bits per heavy atom. The van der Waals surface area contributed by atoms with E-state index in [1.54, 1.807) is 0 Å². The van der Waals surface area contributed by atoms with E-state index in [-0.39, 0.29) is 5.60 Å². The number of aromatic nitrogens is 1. The van der Waals surface area contributed by atoms with Gasteiger partial charge >= 0.3 is 0 Å². The van der Waals surface area contributed by atoms with Crippen LogP contribution < -0.4 is 10.6 Å². The van der Waals surface area contributed by atoms with E-state index in [1.165, 1.54) is 0 Å². The maximum Gasteiger partial charge on any atom is 0.191 e. The fraction of sp³-hybridized carbons (Fsp3) is 0.474. The summed E-state index contributed by atoms with van der Waals surface area (Å²) in [6.07, 6.45) is 4.05. The van der Waals surface area contributed by atoms with Crippen molar-refractivity contribution in [3.63, 3.8) is 0 Å². The SMILES string of the molecule is CCNC(=NCc1cccc2cccnc12)NCC1(C)CCCO1. The summed E-state index contributed by atoms with van der Waals surface area (Å²) in [7, 11) is 0. The van der Waals surface area contributed by atoms with Crippen LogP contribution in [-0.4, -0.2) is 36.2 Å². The van der Waals surface area contributed by atoms with Crippen LogP contribution in [0.15, 0.2) is 41.5 Å². The lowest BCUT2D eigenvalue weighted by Gasteiger charge is -2.24. The van der Waals surface area contributed by atoms with E-state index in [1.807, 2.05) is 12.3 Å². The zero-order valence-electron chi connectivity index (χ0n) is 14.5. The molecular weight excluding hydrogens is 300 g/mol. The van der Waals surface area contributed by atoms with Gasteiger partial charge in [-0.15, -0.1) is 0 Å². The van der Waals surface area contributed by atoms with Gasteiger partial charge in [0.25, 0.3) is 0 Å². The van der Waals surface area contributed by atoms with E-state index in [0.29, 0.717) is 6.54 Å². The Hall–Kier alpha value is -2.14. The summed E-state index contributed by atoms with van der Waals surface area (Å²) in [6.45, 7) is 7.29. The molecule has 3 rings (SSSR count). The zero-order chi connectivity index (χ0) is 16.8. The molecule has 0 aliphatic carbocycles. The minimum absolute atomic E-state index is 0.0861. The molecule has 0 amide bonds. The second kappa shape index (κ2) is 7.62. The summed E-state index contributed by atoms with van der Waals surface area (Å²) in [4.78, 5) is 9.22. The van der Waals surface area contributed by atoms with Gasteiger partial charge in [-0.3, -0.25) is 4.98 Å². The molecule has 1 aliphatic heterocycles. The third-order valence-electron chi connectivity index (χ3n) is 4.40. The van der Waals surface area contributed by atoms with E-state index >= 15 is 0 Å². The van der Waals surface area contributed by atoms with Gasteiger partial charge < -0.3 is 15.4 Å². The van der Waals surface area contributed by atoms with Gasteiger partial charge in [0.15, 0.2) is 5.96 Å². The molecule has 5 heteroatoms. The number of benzene rings is 1. The highest BCUT2D eigenvalue weighted by molar-refractivity contribution is 5.83. The molecule has 24 heavy (non-hydrogen) atoms. The Bertz CT molecular complexity index is 702. The molecule has 1 aliphatic rings. The molecular formula is C19H26N4O. The normalized spacial score (nSPS) is 21.2. The number of nitrogens with one attached hydrogen (secondary N) is 2. The summed E-state index contributed by atoms with van der Waals surface area (Å²) >= 11 is 0. The Labute approximate surface area is 143 Å². The zero-order valence-corrected chi connectivity index (χ0v) is 14.5. The van der Waals surface area contributed by atoms with Crippen LogP contribution in [0.5, 0.6) is 0 Å². The topological polar surface area (TPSA) is 58.5 Å². The Morgan fingerprint density at radius 1 is 1.29 bits per heavy atom. The summed E-state index contributed by atoms with van der Waals surface area (Å²) in [5, 5.41) is 7.87. The smallest absolute Gasteiger partial charge is 0.191 e. The van der Waals surface area contributed by atoms with Crippen LogP contribution in [0, 0.1) is 0 Å². The molecule has 1 fully saturated rings. The number of aliphatic imine (C=N–C) groups is 1. The molecule has 1 saturated heterocycles. The van der Waals surface area contributed by atoms with Crippen molar-refractivity contribution in [3.05, 3.63) is 42.1 Å². The van der Waals surface area contributed by atoms with Crippen molar-refractivity contribution in [2.45, 2.75) is 38.8 Å². The number of pyridine rings is 1. The van der Waals surface area contributed by atoms with Gasteiger partial charge in [0.1, 0.15) is 0 Å². The highest BCUT2D eigenvalue weighted by Gasteiger charge is 2.29. The molecule has 1 unspecified atom stereocenters. The predicted octanol–water partition coefficient (Wildman–Crippen LogP) is 2.86. The Balaban J connectivity index is 1.70. The van der Waals surface area contributed by atoms with Crippen LogP contribution in [0.1, 0.15) is 32.3 Å². The maximum absolute atomic E-state index is 5.83. The van der Waals surface area contributed by atoms with Gasteiger partial charge in [0, 0.05) is 31.3 Å². The number of guanidine groups is 1. The van der Waals surface area contributed by atoms with Crippen molar-refractivity contribution in [3.8, 4) is 0 Å². The second-order valence-electron chi connectivity index (χ2n) is 6.44. The highest BCUT2D eigenvalue weighted by atomic mass is 16.5. The number of ether oxygens (including phenoxy) is 1. The number of hydrogen-bond acceptors (Lipinski definition) is 3. The van der Waals surface area contributed by atoms with E-state index in [0.717, 1.165) is 55.0 Å². The first kappa shape index (κ1) is 16.7. The fourth-order valence-electron chi connectivity index (χ4n) is 3.05. The van der Waals surface area contributed by atoms with E-state index < -0.39 is 0 Å². The first-order chi connectivity index (χ1) is 11.7. The standard InChI is InChI=1S/C19H26N4O/c1-3-20-18(23-14-19(2)10-6-12-24-19)22-13-16-8-4-7-15-9-5-11-21-17(15)16/h4-5,7-9,11H,3,6,10,12-14H2,1-2H3,(H2,20,22,23). The number of nitrogens with zero attached hydrogens (tertiary/aromatic N) is 2. The molecule has 2 heterocycles. The quantitative estimate of drug-likeness (QED) is 0.655. The fourth-order valence-corrected chi connectivity index (χ4v) is 3.05. The lowest BCUT2D eigenvalue weighted by Crippen LogP contribution is -2.45. The van der Waals surface area contributed by atoms with Gasteiger partial charge in [0.05, 0.1) is 17.7 Å². The molecule has 0 radical (unpaired) electrons. The summed E-state index contributed by atoms with van der Waals surface area (Å²) in [5.74, 6) is 0.821. The maximum atomic E-state index is 5.83. The average molecular weight is 326 g/mol. The number of rotatable bonds is 5. The van der Waals surface area contributed by atoms with Crippen molar-refractivity contribution >= 4 is 16.9 Å². The summed E-state index contributed by atoms with van der Waals surface area (Å²) in [6, 6.07) is 10.3. The van der Waals surface area contributed by atoms with Crippen molar-refractivity contribution in [2.75, 3.05) is 19.7 Å². The first-order valence-electron chi connectivity index (χ1n) is 8.69. The van der Waals surface area contributed by atoms with Crippen molar-refractivity contribution < 1.29 is 4.74 Å². The number of hydrogen-bond donors (Lipinski definition) is 2. The average Bonchev–Trinajstić information content (AvgIpc) is 3.04. The largest absolute Gasteiger partial charge is 0.373 e. The molecule has 2 aromatic rings. The number of para-hydroxylation sites is 1. The van der Waals surface area contributed by atoms with E-state index in [4.69, 9.17) is 9.73 Å². The van der Waals surface area contributed by atoms with Gasteiger partial charge in [-0.05, 0) is 38.3 Å². The molecule has 0 saturated carbocycles. The second-order valence-corrected chi connectivity index (χ2v) is 6.44. The molecule has 5 nitrogen and oxygen atoms in total. The van der Waals surface area contributed by atoms with Crippen LogP contribution >= 0.6 is 0 Å². The van der Waals surface area contributed by atoms with Crippen LogP contribution in [0.3, 0.4) is 0 Å². The minimum Gasteiger partial charge on any atom is -0.373 e. The molecule has 0 spiro atoms. The Kier molecular flexibility index (Phi) is 5.30. The molecule has 2 N–H and O–H groups in total. The Morgan fingerprint density at radius 3 is 2.96 bits per heavy atom. The first-order valence-corrected chi connectivity index (χ1v) is 8.69. The molecule has 128 valence electrons. The lowest BCUT2D eigenvalue weighted by molar-refractivity contribution is 0.0243. The van der Waals surface area contributed by atoms with Crippen LogP contribution in [-0.2, 0) is 11.3 Å². The van der Waals surface area contributed by atoms with Gasteiger partial charge in [-0.1, -0.05) is 24.3 Å². The van der Waals surface area contributed by atoms with Gasteiger partial charge in [-0.2, -0.15) is 0 Å². The van der Waals surface area contributed by atoms with Crippen LogP contribution in [0.4, 0.5) is 0 Å². The van der Waals surface area contributed by atoms with Gasteiger partial charge in [-0.25, -0.2) is 4.99 Å². The minimum atomic E-state index is -0.0861. The third kappa shape index (κ3) is 4.03. The van der Waals surface area contributed by atoms with Crippen molar-refractivity contribution in [2.24, 2.45) is 4.99 Å². The van der Waals surface area contributed by atoms with Crippen LogP contribution in [0.2, 0.25) is 0 Å². The monoisotopic (exact) mass is 326 g/mol. The summed E-state index contributed by atoms with van der Waals surface area (Å²) < 4.78 is 5.83. The van der Waals surface area contributed by atoms with Crippen LogP contribution in [0.25, 0.3) is 10.9 Å². The van der Waals surface area contributed by atoms with Crippen molar-refractivity contribution in [1.82, 2.24) is 15.6 Å². The lowest BCUT2D eigenvalue weighted by atomic mass is 10.0. The van der Waals surface area contributed by atoms with Crippen molar-refractivity contribution in [1.29, 1.82) is 0 Å². The molecule has 1 aromatic heterocycles. The third-order valence-corrected chi connectivity index (χ3v) is 4.40.